The van der Waals surface area contributed by atoms with Crippen LogP contribution in [0.1, 0.15) is 373 Å². The molecule has 0 aromatic carbocycles. The number of allylic oxidation sites excluding steroid dienone is 18. The zero-order valence-corrected chi connectivity index (χ0v) is 57.1. The lowest BCUT2D eigenvalue weighted by Crippen LogP contribution is -2.28. The Labute approximate surface area is 535 Å². The molecule has 5 nitrogen and oxygen atoms in total. The molecule has 0 heterocycles. The van der Waals surface area contributed by atoms with Crippen LogP contribution in [-0.4, -0.2) is 36.4 Å². The van der Waals surface area contributed by atoms with Crippen molar-refractivity contribution in [1.82, 2.24) is 0 Å². The minimum absolute atomic E-state index is 0.0668. The average Bonchev–Trinajstić information content (AvgIpc) is 3.53. The standard InChI is InChI=1S/C81H142O5/c1-3-5-7-9-11-13-15-17-19-21-23-25-27-29-31-33-35-37-39-40-42-44-46-48-50-52-54-56-58-60-62-64-66-68-70-72-74-76-81(84)86-79(77-82)78-85-80(83)75-73-71-69-67-65-63-61-59-57-55-53-51-49-47-45-43-41-38-36-34-32-30-28-26-24-22-20-18-16-14-12-10-8-6-4-2/h5,7,11,13,17,19,22-25,29,31,35,37,40,42,46,48,79,82H,3-4,6,8-10,12,14-16,18,20-21,26-28,30,32-34,36,38-39,41,43-45,47,49-78H2,1-2H3/b7-5-,13-11-,19-17-,24-22-,25-23-,31-29-,37-35-,42-40-,48-46-. The van der Waals surface area contributed by atoms with Gasteiger partial charge in [0.1, 0.15) is 6.61 Å². The first-order valence-electron chi connectivity index (χ1n) is 37.4. The van der Waals surface area contributed by atoms with Crippen molar-refractivity contribution in [2.75, 3.05) is 13.2 Å². The lowest BCUT2D eigenvalue weighted by molar-refractivity contribution is -0.161. The molecule has 0 aliphatic rings. The summed E-state index contributed by atoms with van der Waals surface area (Å²) in [6, 6.07) is 0. The summed E-state index contributed by atoms with van der Waals surface area (Å²) in [7, 11) is 0. The molecule has 0 aliphatic carbocycles. The van der Waals surface area contributed by atoms with Gasteiger partial charge in [0.25, 0.3) is 0 Å². The van der Waals surface area contributed by atoms with Crippen LogP contribution in [0.4, 0.5) is 0 Å². The van der Waals surface area contributed by atoms with Gasteiger partial charge in [-0.25, -0.2) is 0 Å². The number of aliphatic hydroxyl groups excluding tert-OH is 1. The fourth-order valence-electron chi connectivity index (χ4n) is 11.0. The molecular formula is C81H142O5. The second-order valence-electron chi connectivity index (χ2n) is 25.0. The third-order valence-corrected chi connectivity index (χ3v) is 16.6. The molecule has 0 radical (unpaired) electrons. The Hall–Kier alpha value is -3.44. The average molecular weight is 1200 g/mol. The van der Waals surface area contributed by atoms with Gasteiger partial charge in [-0.1, -0.05) is 367 Å². The lowest BCUT2D eigenvalue weighted by Gasteiger charge is -2.15. The van der Waals surface area contributed by atoms with E-state index in [4.69, 9.17) is 9.47 Å². The zero-order valence-electron chi connectivity index (χ0n) is 57.1. The van der Waals surface area contributed by atoms with Crippen LogP contribution >= 0.6 is 0 Å². The maximum Gasteiger partial charge on any atom is 0.306 e. The van der Waals surface area contributed by atoms with E-state index in [2.05, 4.69) is 123 Å². The molecule has 86 heavy (non-hydrogen) atoms. The van der Waals surface area contributed by atoms with Crippen LogP contribution in [-0.2, 0) is 19.1 Å². The van der Waals surface area contributed by atoms with Gasteiger partial charge in [-0.05, 0) is 103 Å². The first-order chi connectivity index (χ1) is 42.6. The normalized spacial score (nSPS) is 12.8. The van der Waals surface area contributed by atoms with Gasteiger partial charge < -0.3 is 14.6 Å². The molecule has 0 rings (SSSR count). The number of aliphatic hydroxyl groups is 1. The van der Waals surface area contributed by atoms with Crippen molar-refractivity contribution in [1.29, 1.82) is 0 Å². The molecule has 0 bridgehead atoms. The molecule has 5 heteroatoms. The molecule has 0 aromatic rings. The summed E-state index contributed by atoms with van der Waals surface area (Å²) >= 11 is 0. The van der Waals surface area contributed by atoms with E-state index in [1.807, 2.05) is 0 Å². The zero-order chi connectivity index (χ0) is 61.9. The topological polar surface area (TPSA) is 72.8 Å². The SMILES string of the molecule is CC/C=C\C/C=C\C/C=C\C/C=C\C/C=C\C/C=C\C/C=C\C/C=C\CCCCCCCCCCCCCCC(=O)OC(CO)COC(=O)CCCCCCCCCCCCCCCCCCCCCCCCC/C=C\CCCCCCCCCC. The van der Waals surface area contributed by atoms with Crippen LogP contribution in [0.25, 0.3) is 0 Å². The minimum atomic E-state index is -0.779. The molecule has 0 aliphatic heterocycles. The Morgan fingerprint density at radius 2 is 0.500 bits per heavy atom. The number of ether oxygens (including phenoxy) is 2. The molecule has 0 saturated heterocycles. The summed E-state index contributed by atoms with van der Waals surface area (Å²) in [5.74, 6) is -0.580. The highest BCUT2D eigenvalue weighted by atomic mass is 16.6. The molecule has 1 unspecified atom stereocenters. The summed E-state index contributed by atoms with van der Waals surface area (Å²) in [4.78, 5) is 24.7. The van der Waals surface area contributed by atoms with Crippen molar-refractivity contribution in [2.45, 2.75) is 380 Å². The van der Waals surface area contributed by atoms with Crippen LogP contribution in [0.15, 0.2) is 109 Å². The minimum Gasteiger partial charge on any atom is -0.462 e. The smallest absolute Gasteiger partial charge is 0.306 e. The summed E-state index contributed by atoms with van der Waals surface area (Å²) in [6.07, 6.45) is 110. The van der Waals surface area contributed by atoms with Crippen molar-refractivity contribution >= 4 is 11.9 Å². The van der Waals surface area contributed by atoms with Gasteiger partial charge in [0.05, 0.1) is 6.61 Å². The highest BCUT2D eigenvalue weighted by Crippen LogP contribution is 2.18. The van der Waals surface area contributed by atoms with E-state index in [1.54, 1.807) is 0 Å². The highest BCUT2D eigenvalue weighted by Gasteiger charge is 2.16. The summed E-state index contributed by atoms with van der Waals surface area (Å²) < 4.78 is 10.8. The predicted octanol–water partition coefficient (Wildman–Crippen LogP) is 26.3. The van der Waals surface area contributed by atoms with E-state index in [9.17, 15) is 14.7 Å². The molecule has 1 N–H and O–H groups in total. The molecule has 0 spiro atoms. The number of unbranched alkanes of at least 4 members (excludes halogenated alkanes) is 43. The first-order valence-corrected chi connectivity index (χ1v) is 37.4. The van der Waals surface area contributed by atoms with Crippen LogP contribution < -0.4 is 0 Å². The van der Waals surface area contributed by atoms with Crippen LogP contribution in [0, 0.1) is 0 Å². The largest absolute Gasteiger partial charge is 0.462 e. The van der Waals surface area contributed by atoms with Gasteiger partial charge in [0.15, 0.2) is 6.10 Å². The molecular weight excluding hydrogens is 1050 g/mol. The van der Waals surface area contributed by atoms with Crippen molar-refractivity contribution in [3.05, 3.63) is 109 Å². The fraction of sp³-hybridized carbons (Fsp3) is 0.753. The van der Waals surface area contributed by atoms with Gasteiger partial charge in [-0.2, -0.15) is 0 Å². The molecule has 496 valence electrons. The third-order valence-electron chi connectivity index (χ3n) is 16.6. The van der Waals surface area contributed by atoms with Gasteiger partial charge in [-0.15, -0.1) is 0 Å². The molecule has 0 fully saturated rings. The number of hydrogen-bond acceptors (Lipinski definition) is 5. The van der Waals surface area contributed by atoms with E-state index in [0.717, 1.165) is 89.9 Å². The van der Waals surface area contributed by atoms with Gasteiger partial charge in [0.2, 0.25) is 0 Å². The summed E-state index contributed by atoms with van der Waals surface area (Å²) in [6.45, 7) is 4.06. The molecule has 0 saturated carbocycles. The van der Waals surface area contributed by atoms with Gasteiger partial charge in [0, 0.05) is 12.8 Å². The first kappa shape index (κ1) is 82.6. The Balaban J connectivity index is 3.46. The number of rotatable bonds is 69. The second kappa shape index (κ2) is 75.8. The summed E-state index contributed by atoms with van der Waals surface area (Å²) in [5, 5.41) is 9.72. The van der Waals surface area contributed by atoms with E-state index in [1.165, 1.54) is 257 Å². The third kappa shape index (κ3) is 73.0. The predicted molar refractivity (Wildman–Crippen MR) is 380 cm³/mol. The van der Waals surface area contributed by atoms with E-state index < -0.39 is 6.10 Å². The number of esters is 2. The maximum absolute atomic E-state index is 12.4. The maximum atomic E-state index is 12.4. The van der Waals surface area contributed by atoms with Crippen molar-refractivity contribution < 1.29 is 24.2 Å². The van der Waals surface area contributed by atoms with E-state index in [0.29, 0.717) is 12.8 Å². The second-order valence-corrected chi connectivity index (χ2v) is 25.0. The highest BCUT2D eigenvalue weighted by molar-refractivity contribution is 5.70. The lowest BCUT2D eigenvalue weighted by atomic mass is 10.0. The molecule has 1 atom stereocenters. The Bertz CT molecular complexity index is 1640. The van der Waals surface area contributed by atoms with Gasteiger partial charge >= 0.3 is 11.9 Å². The number of carbonyl (C=O) groups excluding carboxylic acids is 2. The van der Waals surface area contributed by atoms with E-state index >= 15 is 0 Å². The van der Waals surface area contributed by atoms with Gasteiger partial charge in [-0.3, -0.25) is 9.59 Å². The Morgan fingerprint density at radius 3 is 0.767 bits per heavy atom. The fourth-order valence-corrected chi connectivity index (χ4v) is 11.0. The Kier molecular flexibility index (Phi) is 72.8. The molecule has 0 aromatic heterocycles. The van der Waals surface area contributed by atoms with Crippen LogP contribution in [0.3, 0.4) is 0 Å². The van der Waals surface area contributed by atoms with E-state index in [-0.39, 0.29) is 25.2 Å². The van der Waals surface area contributed by atoms with Crippen LogP contribution in [0.2, 0.25) is 0 Å². The van der Waals surface area contributed by atoms with Crippen LogP contribution in [0.5, 0.6) is 0 Å². The molecule has 0 amide bonds. The number of hydrogen-bond donors (Lipinski definition) is 1. The monoisotopic (exact) mass is 1200 g/mol. The number of carbonyl (C=O) groups is 2. The van der Waals surface area contributed by atoms with Crippen molar-refractivity contribution in [2.24, 2.45) is 0 Å². The van der Waals surface area contributed by atoms with Crippen molar-refractivity contribution in [3.8, 4) is 0 Å². The van der Waals surface area contributed by atoms with Crippen molar-refractivity contribution in [3.63, 3.8) is 0 Å². The quantitative estimate of drug-likeness (QED) is 0.0373. The Morgan fingerprint density at radius 1 is 0.279 bits per heavy atom. The summed E-state index contributed by atoms with van der Waals surface area (Å²) in [5.41, 5.74) is 0.